The smallest absolute Gasteiger partial charge is 0.343 e. The first kappa shape index (κ1) is 21.4. The van der Waals surface area contributed by atoms with Crippen LogP contribution in [0.5, 0.6) is 0 Å². The van der Waals surface area contributed by atoms with E-state index in [-0.39, 0.29) is 24.6 Å². The maximum atomic E-state index is 12.6. The first-order valence-electron chi connectivity index (χ1n) is 10.4. The summed E-state index contributed by atoms with van der Waals surface area (Å²) in [5.41, 5.74) is 1.13. The van der Waals surface area contributed by atoms with E-state index in [0.717, 1.165) is 5.69 Å². The number of tetrazole rings is 1. The van der Waals surface area contributed by atoms with Gasteiger partial charge < -0.3 is 15.0 Å². The van der Waals surface area contributed by atoms with Gasteiger partial charge in [0.2, 0.25) is 11.9 Å². The number of hydrogen-bond donors (Lipinski definition) is 1. The molecule has 0 radical (unpaired) electrons. The number of anilines is 2. The fourth-order valence-electron chi connectivity index (χ4n) is 3.54. The van der Waals surface area contributed by atoms with Gasteiger partial charge in [-0.2, -0.15) is 9.78 Å². The highest BCUT2D eigenvalue weighted by Gasteiger charge is 2.25. The molecule has 1 N–H and O–H groups in total. The van der Waals surface area contributed by atoms with Crippen LogP contribution in [0.4, 0.5) is 11.8 Å². The Morgan fingerprint density at radius 1 is 1.12 bits per heavy atom. The van der Waals surface area contributed by atoms with Gasteiger partial charge in [-0.15, -0.1) is 0 Å². The number of ether oxygens (including phenoxy) is 1. The zero-order chi connectivity index (χ0) is 22.5. The van der Waals surface area contributed by atoms with Crippen LogP contribution in [0.1, 0.15) is 17.3 Å². The predicted molar refractivity (Wildman–Crippen MR) is 116 cm³/mol. The van der Waals surface area contributed by atoms with E-state index in [1.165, 1.54) is 10.9 Å². The van der Waals surface area contributed by atoms with Gasteiger partial charge in [0.15, 0.2) is 0 Å². The van der Waals surface area contributed by atoms with Gasteiger partial charge in [-0.25, -0.2) is 4.79 Å². The average Bonchev–Trinajstić information content (AvgIpc) is 3.43. The summed E-state index contributed by atoms with van der Waals surface area (Å²) in [5.74, 6) is 0.269. The summed E-state index contributed by atoms with van der Waals surface area (Å²) in [6.07, 6.45) is 1.39. The molecule has 1 amide bonds. The summed E-state index contributed by atoms with van der Waals surface area (Å²) in [4.78, 5) is 28.8. The van der Waals surface area contributed by atoms with Gasteiger partial charge in [-0.3, -0.25) is 14.4 Å². The fourth-order valence-corrected chi connectivity index (χ4v) is 3.54. The van der Waals surface area contributed by atoms with Gasteiger partial charge in [-0.05, 0) is 29.5 Å². The molecule has 1 aliphatic heterocycles. The topological polar surface area (TPSA) is 123 Å². The van der Waals surface area contributed by atoms with Crippen LogP contribution in [-0.2, 0) is 16.6 Å². The monoisotopic (exact) mass is 439 g/mol. The van der Waals surface area contributed by atoms with E-state index in [4.69, 9.17) is 4.74 Å². The molecule has 3 aromatic rings. The van der Waals surface area contributed by atoms with E-state index in [9.17, 15) is 9.59 Å². The lowest BCUT2D eigenvalue weighted by atomic mass is 10.3. The summed E-state index contributed by atoms with van der Waals surface area (Å²) >= 11 is 0. The van der Waals surface area contributed by atoms with Crippen molar-refractivity contribution in [3.63, 3.8) is 0 Å². The van der Waals surface area contributed by atoms with Crippen LogP contribution in [0.15, 0.2) is 36.5 Å². The summed E-state index contributed by atoms with van der Waals surface area (Å²) in [5, 5.41) is 18.9. The minimum Gasteiger partial charge on any atom is -0.462 e. The van der Waals surface area contributed by atoms with E-state index in [2.05, 4.69) is 30.8 Å². The Morgan fingerprint density at radius 3 is 2.59 bits per heavy atom. The van der Waals surface area contributed by atoms with Crippen molar-refractivity contribution in [3.05, 3.63) is 42.1 Å². The number of amides is 1. The number of esters is 1. The lowest BCUT2D eigenvalue weighted by Crippen LogP contribution is -2.49. The Hall–Kier alpha value is -3.80. The second-order valence-electron chi connectivity index (χ2n) is 7.29. The number of aryl methyl sites for hydroxylation is 1. The van der Waals surface area contributed by atoms with Crippen LogP contribution in [0.3, 0.4) is 0 Å². The number of para-hydroxylation sites is 1. The molecule has 2 aromatic heterocycles. The van der Waals surface area contributed by atoms with E-state index in [1.807, 2.05) is 35.2 Å². The van der Waals surface area contributed by atoms with Crippen molar-refractivity contribution in [3.8, 4) is 5.69 Å². The van der Waals surface area contributed by atoms with Crippen LogP contribution in [-0.4, -0.2) is 86.1 Å². The molecule has 168 valence electrons. The summed E-state index contributed by atoms with van der Waals surface area (Å²) in [6.45, 7) is 4.88. The molecule has 0 saturated carbocycles. The molecule has 12 heteroatoms. The molecular weight excluding hydrogens is 414 g/mol. The second kappa shape index (κ2) is 9.56. The third-order valence-electron chi connectivity index (χ3n) is 5.17. The SMILES string of the molecule is CCOC(=O)c1cnn(C)c1NC(=O)CN1CCN(c2nnnn2-c2ccccc2)CC1. The predicted octanol–water partition coefficient (Wildman–Crippen LogP) is 0.333. The van der Waals surface area contributed by atoms with E-state index < -0.39 is 5.97 Å². The van der Waals surface area contributed by atoms with Crippen molar-refractivity contribution in [1.82, 2.24) is 34.9 Å². The molecule has 1 saturated heterocycles. The van der Waals surface area contributed by atoms with Gasteiger partial charge in [-0.1, -0.05) is 23.3 Å². The third kappa shape index (κ3) is 4.59. The standard InChI is InChI=1S/C20H25N9O3/c1-3-32-19(31)16-13-21-26(2)18(16)22-17(30)14-27-9-11-28(12-10-27)20-23-24-25-29(20)15-7-5-4-6-8-15/h4-8,13H,3,9-12,14H2,1-2H3,(H,22,30). The molecule has 1 aliphatic rings. The number of rotatable bonds is 7. The Morgan fingerprint density at radius 2 is 1.88 bits per heavy atom. The van der Waals surface area contributed by atoms with Crippen LogP contribution in [0.2, 0.25) is 0 Å². The van der Waals surface area contributed by atoms with Crippen molar-refractivity contribution in [2.24, 2.45) is 7.05 Å². The number of piperazine rings is 1. The first-order chi connectivity index (χ1) is 15.6. The molecule has 32 heavy (non-hydrogen) atoms. The van der Waals surface area contributed by atoms with Gasteiger partial charge in [0.05, 0.1) is 25.0 Å². The van der Waals surface area contributed by atoms with Crippen molar-refractivity contribution < 1.29 is 14.3 Å². The number of hydrogen-bond acceptors (Lipinski definition) is 9. The van der Waals surface area contributed by atoms with Gasteiger partial charge in [0, 0.05) is 33.2 Å². The Kier molecular flexibility index (Phi) is 6.40. The van der Waals surface area contributed by atoms with Crippen molar-refractivity contribution in [2.75, 3.05) is 49.5 Å². The van der Waals surface area contributed by atoms with Crippen molar-refractivity contribution in [1.29, 1.82) is 0 Å². The first-order valence-corrected chi connectivity index (χ1v) is 10.4. The van der Waals surface area contributed by atoms with E-state index in [1.54, 1.807) is 18.7 Å². The van der Waals surface area contributed by atoms with Crippen molar-refractivity contribution >= 4 is 23.6 Å². The molecule has 0 aliphatic carbocycles. The number of aromatic nitrogens is 6. The number of nitrogens with one attached hydrogen (secondary N) is 1. The van der Waals surface area contributed by atoms with Crippen LogP contribution in [0.25, 0.3) is 5.69 Å². The zero-order valence-corrected chi connectivity index (χ0v) is 18.0. The third-order valence-corrected chi connectivity index (χ3v) is 5.17. The molecule has 0 bridgehead atoms. The summed E-state index contributed by atoms with van der Waals surface area (Å²) in [7, 11) is 1.66. The zero-order valence-electron chi connectivity index (χ0n) is 18.0. The molecular formula is C20H25N9O3. The maximum Gasteiger partial charge on any atom is 0.343 e. The van der Waals surface area contributed by atoms with Crippen LogP contribution in [0, 0.1) is 0 Å². The van der Waals surface area contributed by atoms with Crippen LogP contribution < -0.4 is 10.2 Å². The number of benzene rings is 1. The highest BCUT2D eigenvalue weighted by atomic mass is 16.5. The minimum absolute atomic E-state index is 0.199. The largest absolute Gasteiger partial charge is 0.462 e. The number of carbonyl (C=O) groups excluding carboxylic acids is 2. The maximum absolute atomic E-state index is 12.6. The molecule has 0 unspecified atom stereocenters. The minimum atomic E-state index is -0.513. The Balaban J connectivity index is 1.34. The van der Waals surface area contributed by atoms with Crippen molar-refractivity contribution in [2.45, 2.75) is 6.92 Å². The summed E-state index contributed by atoms with van der Waals surface area (Å²) < 4.78 is 8.18. The van der Waals surface area contributed by atoms with Gasteiger partial charge in [0.1, 0.15) is 11.4 Å². The number of carbonyl (C=O) groups is 2. The Bertz CT molecular complexity index is 1070. The highest BCUT2D eigenvalue weighted by Crippen LogP contribution is 2.18. The molecule has 1 fully saturated rings. The summed E-state index contributed by atoms with van der Waals surface area (Å²) in [6, 6.07) is 9.71. The van der Waals surface area contributed by atoms with Crippen LogP contribution >= 0.6 is 0 Å². The Labute approximate surface area is 184 Å². The highest BCUT2D eigenvalue weighted by molar-refractivity contribution is 6.00. The molecule has 3 heterocycles. The fraction of sp³-hybridized carbons (Fsp3) is 0.400. The molecule has 4 rings (SSSR count). The van der Waals surface area contributed by atoms with E-state index >= 15 is 0 Å². The van der Waals surface area contributed by atoms with Gasteiger partial charge >= 0.3 is 5.97 Å². The average molecular weight is 439 g/mol. The second-order valence-corrected chi connectivity index (χ2v) is 7.29. The molecule has 0 atom stereocenters. The van der Waals surface area contributed by atoms with Gasteiger partial charge in [0.25, 0.3) is 0 Å². The molecule has 12 nitrogen and oxygen atoms in total. The normalized spacial score (nSPS) is 14.4. The lowest BCUT2D eigenvalue weighted by Gasteiger charge is -2.34. The lowest BCUT2D eigenvalue weighted by molar-refractivity contribution is -0.117. The molecule has 1 aromatic carbocycles. The number of nitrogens with zero attached hydrogens (tertiary/aromatic N) is 8. The quantitative estimate of drug-likeness (QED) is 0.519. The molecule has 0 spiro atoms. The van der Waals surface area contributed by atoms with E-state index in [0.29, 0.717) is 37.9 Å².